The lowest BCUT2D eigenvalue weighted by atomic mass is 10.3. The van der Waals surface area contributed by atoms with Gasteiger partial charge in [0.15, 0.2) is 5.96 Å². The predicted octanol–water partition coefficient (Wildman–Crippen LogP) is 3.35. The van der Waals surface area contributed by atoms with Gasteiger partial charge in [0.2, 0.25) is 0 Å². The van der Waals surface area contributed by atoms with Crippen LogP contribution in [-0.2, 0) is 19.3 Å². The van der Waals surface area contributed by atoms with E-state index < -0.39 is 0 Å². The van der Waals surface area contributed by atoms with E-state index in [1.807, 2.05) is 0 Å². The molecule has 0 unspecified atom stereocenters. The molecule has 2 heterocycles. The van der Waals surface area contributed by atoms with Crippen LogP contribution in [0.1, 0.15) is 33.2 Å². The molecular formula is C16H26IN5S2. The van der Waals surface area contributed by atoms with Gasteiger partial charge in [-0.1, -0.05) is 6.92 Å². The maximum absolute atomic E-state index is 4.58. The number of aromatic nitrogens is 2. The summed E-state index contributed by atoms with van der Waals surface area (Å²) in [6, 6.07) is 0. The Morgan fingerprint density at radius 3 is 2.38 bits per heavy atom. The highest BCUT2D eigenvalue weighted by Gasteiger charge is 2.05. The summed E-state index contributed by atoms with van der Waals surface area (Å²) in [5.41, 5.74) is 2.30. The third-order valence-corrected chi connectivity index (χ3v) is 5.68. The summed E-state index contributed by atoms with van der Waals surface area (Å²) in [6.07, 6.45) is 2.85. The minimum atomic E-state index is 0. The van der Waals surface area contributed by atoms with Crippen LogP contribution in [0.2, 0.25) is 0 Å². The first kappa shape index (κ1) is 21.3. The van der Waals surface area contributed by atoms with Crippen molar-refractivity contribution < 1.29 is 0 Å². The average molecular weight is 479 g/mol. The monoisotopic (exact) mass is 479 g/mol. The third-order valence-electron chi connectivity index (χ3n) is 3.50. The molecule has 2 aromatic rings. The molecule has 24 heavy (non-hydrogen) atoms. The zero-order valence-electron chi connectivity index (χ0n) is 14.7. The van der Waals surface area contributed by atoms with Crippen LogP contribution in [0.25, 0.3) is 0 Å². The second kappa shape index (κ2) is 11.0. The van der Waals surface area contributed by atoms with Crippen LogP contribution in [0.5, 0.6) is 0 Å². The maximum Gasteiger partial charge on any atom is 0.191 e. The van der Waals surface area contributed by atoms with E-state index in [-0.39, 0.29) is 24.0 Å². The first-order valence-corrected chi connectivity index (χ1v) is 9.62. The topological polar surface area (TPSA) is 62.2 Å². The average Bonchev–Trinajstić information content (AvgIpc) is 3.12. The molecule has 5 nitrogen and oxygen atoms in total. The second-order valence-corrected chi connectivity index (χ2v) is 7.49. The smallest absolute Gasteiger partial charge is 0.191 e. The summed E-state index contributed by atoms with van der Waals surface area (Å²) in [5, 5.41) is 11.2. The molecule has 0 saturated heterocycles. The molecule has 0 aromatic carbocycles. The van der Waals surface area contributed by atoms with Crippen LogP contribution in [0.3, 0.4) is 0 Å². The number of halogens is 1. The Bertz CT molecular complexity index is 631. The molecule has 2 rings (SSSR count). The van der Waals surface area contributed by atoms with E-state index in [0.717, 1.165) is 49.7 Å². The van der Waals surface area contributed by atoms with Gasteiger partial charge >= 0.3 is 0 Å². The van der Waals surface area contributed by atoms with Gasteiger partial charge in [-0.05, 0) is 20.3 Å². The summed E-state index contributed by atoms with van der Waals surface area (Å²) in [6.45, 7) is 7.99. The molecule has 0 aliphatic carbocycles. The Morgan fingerprint density at radius 2 is 1.83 bits per heavy atom. The van der Waals surface area contributed by atoms with Crippen molar-refractivity contribution in [1.29, 1.82) is 0 Å². The van der Waals surface area contributed by atoms with Gasteiger partial charge in [-0.3, -0.25) is 4.99 Å². The SMILES string of the molecule is CCc1nc(CCNC(=NC)NCCc2nc(C)c(C)s2)cs1.I. The van der Waals surface area contributed by atoms with Crippen LogP contribution >= 0.6 is 46.7 Å². The van der Waals surface area contributed by atoms with E-state index in [2.05, 4.69) is 51.7 Å². The number of hydrogen-bond acceptors (Lipinski definition) is 5. The molecule has 8 heteroatoms. The van der Waals surface area contributed by atoms with Gasteiger partial charge in [-0.2, -0.15) is 0 Å². The molecule has 0 aliphatic heterocycles. The van der Waals surface area contributed by atoms with Gasteiger partial charge < -0.3 is 10.6 Å². The predicted molar refractivity (Wildman–Crippen MR) is 115 cm³/mol. The van der Waals surface area contributed by atoms with Crippen LogP contribution in [0.4, 0.5) is 0 Å². The molecule has 0 bridgehead atoms. The van der Waals surface area contributed by atoms with Crippen LogP contribution in [-0.4, -0.2) is 36.1 Å². The molecule has 0 spiro atoms. The van der Waals surface area contributed by atoms with Gasteiger partial charge in [0, 0.05) is 43.2 Å². The zero-order chi connectivity index (χ0) is 16.7. The number of aliphatic imine (C=N–C) groups is 1. The lowest BCUT2D eigenvalue weighted by Crippen LogP contribution is -2.39. The number of nitrogens with one attached hydrogen (secondary N) is 2. The Labute approximate surface area is 169 Å². The molecule has 0 amide bonds. The first-order valence-electron chi connectivity index (χ1n) is 7.93. The third kappa shape index (κ3) is 6.64. The summed E-state index contributed by atoms with van der Waals surface area (Å²) in [7, 11) is 1.80. The number of hydrogen-bond donors (Lipinski definition) is 2. The maximum atomic E-state index is 4.58. The van der Waals surface area contributed by atoms with Gasteiger partial charge in [0.25, 0.3) is 0 Å². The molecule has 0 atom stereocenters. The van der Waals surface area contributed by atoms with Crippen molar-refractivity contribution in [3.05, 3.63) is 31.7 Å². The standard InChI is InChI=1S/C16H25N5S2.HI/c1-5-14-21-13(10-22-14)6-8-18-16(17-4)19-9-7-15-20-11(2)12(3)23-15;/h10H,5-9H2,1-4H3,(H2,17,18,19);1H. The quantitative estimate of drug-likeness (QED) is 0.363. The molecular weight excluding hydrogens is 453 g/mol. The van der Waals surface area contributed by atoms with Crippen molar-refractivity contribution in [3.63, 3.8) is 0 Å². The fourth-order valence-corrected chi connectivity index (χ4v) is 3.80. The molecule has 0 aliphatic rings. The number of guanidine groups is 1. The molecule has 0 saturated carbocycles. The minimum absolute atomic E-state index is 0. The van der Waals surface area contributed by atoms with Crippen molar-refractivity contribution >= 4 is 52.6 Å². The van der Waals surface area contributed by atoms with E-state index in [0.29, 0.717) is 0 Å². The van der Waals surface area contributed by atoms with Gasteiger partial charge in [0.1, 0.15) is 0 Å². The highest BCUT2D eigenvalue weighted by Crippen LogP contribution is 2.16. The van der Waals surface area contributed by atoms with Gasteiger partial charge in [-0.15, -0.1) is 46.7 Å². The largest absolute Gasteiger partial charge is 0.356 e. The highest BCUT2D eigenvalue weighted by molar-refractivity contribution is 14.0. The van der Waals surface area contributed by atoms with Gasteiger partial charge in [-0.25, -0.2) is 9.97 Å². The Hall–Kier alpha value is -0.740. The van der Waals surface area contributed by atoms with E-state index in [1.165, 1.54) is 14.9 Å². The van der Waals surface area contributed by atoms with Crippen molar-refractivity contribution in [2.45, 2.75) is 40.0 Å². The minimum Gasteiger partial charge on any atom is -0.356 e. The number of nitrogens with zero attached hydrogens (tertiary/aromatic N) is 3. The number of aryl methyl sites for hydroxylation is 3. The number of thiazole rings is 2. The summed E-state index contributed by atoms with van der Waals surface area (Å²) in [4.78, 5) is 14.7. The van der Waals surface area contributed by atoms with Crippen LogP contribution < -0.4 is 10.6 Å². The lowest BCUT2D eigenvalue weighted by molar-refractivity contribution is 0.774. The fraction of sp³-hybridized carbons (Fsp3) is 0.562. The Kier molecular flexibility index (Phi) is 9.75. The molecule has 2 aromatic heterocycles. The van der Waals surface area contributed by atoms with Gasteiger partial charge in [0.05, 0.1) is 21.4 Å². The number of rotatable bonds is 7. The molecule has 134 valence electrons. The van der Waals surface area contributed by atoms with Crippen molar-refractivity contribution in [2.75, 3.05) is 20.1 Å². The van der Waals surface area contributed by atoms with Crippen LogP contribution in [0, 0.1) is 13.8 Å². The zero-order valence-corrected chi connectivity index (χ0v) is 18.6. The van der Waals surface area contributed by atoms with E-state index in [9.17, 15) is 0 Å². The normalized spacial score (nSPS) is 11.2. The van der Waals surface area contributed by atoms with E-state index in [1.54, 1.807) is 29.7 Å². The molecule has 0 radical (unpaired) electrons. The summed E-state index contributed by atoms with van der Waals surface area (Å²) >= 11 is 3.51. The molecule has 0 fully saturated rings. The Balaban J connectivity index is 0.00000288. The van der Waals surface area contributed by atoms with Crippen molar-refractivity contribution in [1.82, 2.24) is 20.6 Å². The fourth-order valence-electron chi connectivity index (χ4n) is 2.09. The Morgan fingerprint density at radius 1 is 1.12 bits per heavy atom. The lowest BCUT2D eigenvalue weighted by Gasteiger charge is -2.10. The van der Waals surface area contributed by atoms with E-state index >= 15 is 0 Å². The van der Waals surface area contributed by atoms with Crippen molar-refractivity contribution in [2.24, 2.45) is 4.99 Å². The first-order chi connectivity index (χ1) is 11.1. The highest BCUT2D eigenvalue weighted by atomic mass is 127. The van der Waals surface area contributed by atoms with E-state index in [4.69, 9.17) is 0 Å². The molecule has 2 N–H and O–H groups in total. The van der Waals surface area contributed by atoms with Crippen molar-refractivity contribution in [3.8, 4) is 0 Å². The summed E-state index contributed by atoms with van der Waals surface area (Å²) in [5.74, 6) is 0.834. The summed E-state index contributed by atoms with van der Waals surface area (Å²) < 4.78 is 0. The van der Waals surface area contributed by atoms with Crippen LogP contribution in [0.15, 0.2) is 10.4 Å². The second-order valence-electron chi connectivity index (χ2n) is 5.26.